The fraction of sp³-hybridized carbons (Fsp3) is 0. The summed E-state index contributed by atoms with van der Waals surface area (Å²) in [5.74, 6) is 0. The number of nitrogens with zero attached hydrogens (tertiary/aromatic N) is 1. The molecule has 0 aliphatic carbocycles. The summed E-state index contributed by atoms with van der Waals surface area (Å²) in [4.78, 5) is 2.28. The topological polar surface area (TPSA) is 3.24 Å². The molecule has 0 aliphatic heterocycles. The maximum atomic E-state index is 2.28. The number of hydrogen-bond donors (Lipinski definition) is 0. The Balaban J connectivity index is 1.00. The van der Waals surface area contributed by atoms with Gasteiger partial charge in [0.15, 0.2) is 0 Å². The average molecular weight is 574 g/mol. The number of hydrogen-bond acceptors (Lipinski definition) is 1. The highest BCUT2D eigenvalue weighted by Crippen LogP contribution is 2.37. The number of anilines is 3. The van der Waals surface area contributed by atoms with Crippen LogP contribution in [0.1, 0.15) is 22.3 Å². The molecule has 45 heavy (non-hydrogen) atoms. The zero-order valence-corrected chi connectivity index (χ0v) is 24.8. The molecule has 8 rings (SSSR count). The van der Waals surface area contributed by atoms with Gasteiger partial charge in [0.1, 0.15) is 0 Å². The minimum absolute atomic E-state index is 1.13. The standard InChI is InChI=1S/C44H31N/c1-3-10-39(11-4-1)45(40-12-5-2-6-13-40)41-29-21-34(22-30-41)19-16-32-14-17-33(18-15-32)20-23-35-24-25-38-27-26-36-8-7-9-37-28-31-42(35)44(38)43(36)37/h1-31H/b19-16+,23-20+. The Morgan fingerprint density at radius 2 is 0.756 bits per heavy atom. The van der Waals surface area contributed by atoms with Gasteiger partial charge in [-0.2, -0.15) is 0 Å². The Hall–Kier alpha value is -5.92. The molecule has 0 heterocycles. The third-order valence-corrected chi connectivity index (χ3v) is 8.60. The van der Waals surface area contributed by atoms with Crippen molar-refractivity contribution in [3.63, 3.8) is 0 Å². The summed E-state index contributed by atoms with van der Waals surface area (Å²) in [7, 11) is 0. The van der Waals surface area contributed by atoms with Crippen molar-refractivity contribution in [1.29, 1.82) is 0 Å². The lowest BCUT2D eigenvalue weighted by Gasteiger charge is -2.25. The van der Waals surface area contributed by atoms with Gasteiger partial charge in [0.2, 0.25) is 0 Å². The second-order valence-electron chi connectivity index (χ2n) is 11.4. The van der Waals surface area contributed by atoms with Gasteiger partial charge in [-0.25, -0.2) is 0 Å². The zero-order chi connectivity index (χ0) is 30.0. The minimum atomic E-state index is 1.13. The smallest absolute Gasteiger partial charge is 0.0462 e. The lowest BCUT2D eigenvalue weighted by molar-refractivity contribution is 1.28. The van der Waals surface area contributed by atoms with Crippen molar-refractivity contribution < 1.29 is 0 Å². The number of para-hydroxylation sites is 2. The lowest BCUT2D eigenvalue weighted by Crippen LogP contribution is -2.09. The van der Waals surface area contributed by atoms with E-state index < -0.39 is 0 Å². The molecule has 0 aromatic heterocycles. The Kier molecular flexibility index (Phi) is 6.90. The van der Waals surface area contributed by atoms with Gasteiger partial charge in [-0.3, -0.25) is 0 Å². The second-order valence-corrected chi connectivity index (χ2v) is 11.4. The molecular formula is C44H31N. The van der Waals surface area contributed by atoms with Gasteiger partial charge in [0.05, 0.1) is 0 Å². The predicted octanol–water partition coefficient (Wildman–Crippen LogP) is 12.4. The molecule has 0 amide bonds. The van der Waals surface area contributed by atoms with Gasteiger partial charge < -0.3 is 4.90 Å². The third kappa shape index (κ3) is 5.26. The van der Waals surface area contributed by atoms with Crippen molar-refractivity contribution in [2.24, 2.45) is 0 Å². The van der Waals surface area contributed by atoms with Crippen molar-refractivity contribution in [3.05, 3.63) is 186 Å². The summed E-state index contributed by atoms with van der Waals surface area (Å²) in [6.45, 7) is 0. The van der Waals surface area contributed by atoms with Crippen LogP contribution in [0.25, 0.3) is 56.6 Å². The molecular weight excluding hydrogens is 542 g/mol. The third-order valence-electron chi connectivity index (χ3n) is 8.60. The molecule has 1 nitrogen and oxygen atoms in total. The van der Waals surface area contributed by atoms with Crippen LogP contribution in [0.2, 0.25) is 0 Å². The van der Waals surface area contributed by atoms with Gasteiger partial charge in [0.25, 0.3) is 0 Å². The molecule has 8 aromatic rings. The van der Waals surface area contributed by atoms with Crippen LogP contribution in [-0.2, 0) is 0 Å². The highest BCUT2D eigenvalue weighted by Gasteiger charge is 2.12. The van der Waals surface area contributed by atoms with Crippen molar-refractivity contribution in [2.45, 2.75) is 0 Å². The summed E-state index contributed by atoms with van der Waals surface area (Å²) < 4.78 is 0. The van der Waals surface area contributed by atoms with Crippen molar-refractivity contribution >= 4 is 73.7 Å². The molecule has 0 bridgehead atoms. The van der Waals surface area contributed by atoms with E-state index in [9.17, 15) is 0 Å². The van der Waals surface area contributed by atoms with E-state index in [1.54, 1.807) is 0 Å². The van der Waals surface area contributed by atoms with Crippen molar-refractivity contribution in [1.82, 2.24) is 0 Å². The molecule has 8 aromatic carbocycles. The summed E-state index contributed by atoms with van der Waals surface area (Å²) in [6, 6.07) is 58.5. The summed E-state index contributed by atoms with van der Waals surface area (Å²) >= 11 is 0. The van der Waals surface area contributed by atoms with E-state index in [2.05, 4.69) is 193 Å². The minimum Gasteiger partial charge on any atom is -0.311 e. The number of rotatable bonds is 7. The van der Waals surface area contributed by atoms with E-state index in [0.29, 0.717) is 0 Å². The summed E-state index contributed by atoms with van der Waals surface area (Å²) in [5.41, 5.74) is 8.17. The Morgan fingerprint density at radius 3 is 1.33 bits per heavy atom. The van der Waals surface area contributed by atoms with Crippen molar-refractivity contribution in [3.8, 4) is 0 Å². The van der Waals surface area contributed by atoms with Gasteiger partial charge in [-0.15, -0.1) is 0 Å². The molecule has 0 radical (unpaired) electrons. The van der Waals surface area contributed by atoms with Crippen LogP contribution in [0.3, 0.4) is 0 Å². The predicted molar refractivity (Wildman–Crippen MR) is 196 cm³/mol. The Morgan fingerprint density at radius 1 is 0.311 bits per heavy atom. The maximum Gasteiger partial charge on any atom is 0.0462 e. The van der Waals surface area contributed by atoms with E-state index in [4.69, 9.17) is 0 Å². The zero-order valence-electron chi connectivity index (χ0n) is 24.8. The SMILES string of the molecule is C(=C\c1ccc(N(c2ccccc2)c2ccccc2)cc1)/c1ccc(/C=C/c2ccc3ccc4cccc5ccc2c3c45)cc1. The van der Waals surface area contributed by atoms with E-state index in [0.717, 1.165) is 22.6 Å². The molecule has 0 unspecified atom stereocenters. The summed E-state index contributed by atoms with van der Waals surface area (Å²) in [5, 5.41) is 7.91. The van der Waals surface area contributed by atoms with Crippen LogP contribution in [0, 0.1) is 0 Å². The Labute approximate surface area is 264 Å². The highest BCUT2D eigenvalue weighted by atomic mass is 15.1. The molecule has 0 N–H and O–H groups in total. The first kappa shape index (κ1) is 26.7. The fourth-order valence-electron chi connectivity index (χ4n) is 6.34. The molecule has 1 heteroatoms. The van der Waals surface area contributed by atoms with Gasteiger partial charge in [0, 0.05) is 17.1 Å². The van der Waals surface area contributed by atoms with E-state index in [1.807, 2.05) is 0 Å². The van der Waals surface area contributed by atoms with Crippen molar-refractivity contribution in [2.75, 3.05) is 4.90 Å². The van der Waals surface area contributed by atoms with E-state index in [-0.39, 0.29) is 0 Å². The average Bonchev–Trinajstić information content (AvgIpc) is 3.11. The fourth-order valence-corrected chi connectivity index (χ4v) is 6.34. The van der Waals surface area contributed by atoms with Gasteiger partial charge >= 0.3 is 0 Å². The normalized spacial score (nSPS) is 11.8. The molecule has 0 aliphatic rings. The lowest BCUT2D eigenvalue weighted by atomic mass is 9.92. The molecule has 0 saturated carbocycles. The molecule has 0 spiro atoms. The van der Waals surface area contributed by atoms with Crippen LogP contribution in [-0.4, -0.2) is 0 Å². The first-order chi connectivity index (χ1) is 22.3. The van der Waals surface area contributed by atoms with Gasteiger partial charge in [-0.1, -0.05) is 152 Å². The molecule has 212 valence electrons. The summed E-state index contributed by atoms with van der Waals surface area (Å²) in [6.07, 6.45) is 8.81. The first-order valence-corrected chi connectivity index (χ1v) is 15.4. The second kappa shape index (κ2) is 11.6. The maximum absolute atomic E-state index is 2.28. The number of benzene rings is 8. The van der Waals surface area contributed by atoms with Crippen LogP contribution in [0.4, 0.5) is 17.1 Å². The Bertz CT molecular complexity index is 2220. The van der Waals surface area contributed by atoms with Crippen LogP contribution in [0.5, 0.6) is 0 Å². The first-order valence-electron chi connectivity index (χ1n) is 15.4. The monoisotopic (exact) mass is 573 g/mol. The van der Waals surface area contributed by atoms with Crippen LogP contribution < -0.4 is 4.90 Å². The van der Waals surface area contributed by atoms with Crippen LogP contribution >= 0.6 is 0 Å². The molecule has 0 saturated heterocycles. The molecule has 0 fully saturated rings. The largest absolute Gasteiger partial charge is 0.311 e. The van der Waals surface area contributed by atoms with E-state index in [1.165, 1.54) is 49.0 Å². The molecule has 0 atom stereocenters. The highest BCUT2D eigenvalue weighted by molar-refractivity contribution is 6.24. The quantitative estimate of drug-likeness (QED) is 0.135. The van der Waals surface area contributed by atoms with Gasteiger partial charge in [-0.05, 0) is 91.0 Å². The van der Waals surface area contributed by atoms with E-state index >= 15 is 0 Å². The van der Waals surface area contributed by atoms with Crippen LogP contribution in [0.15, 0.2) is 164 Å².